The van der Waals surface area contributed by atoms with E-state index in [0.29, 0.717) is 13.0 Å². The summed E-state index contributed by atoms with van der Waals surface area (Å²) in [5, 5.41) is 3.57. The summed E-state index contributed by atoms with van der Waals surface area (Å²) in [7, 11) is 1.56. The predicted octanol–water partition coefficient (Wildman–Crippen LogP) is 1.92. The number of fused-ring (bicyclic) bond motifs is 1. The lowest BCUT2D eigenvalue weighted by molar-refractivity contribution is -0.148. The van der Waals surface area contributed by atoms with Crippen LogP contribution in [0.1, 0.15) is 18.4 Å². The molecule has 7 heteroatoms. The highest BCUT2D eigenvalue weighted by molar-refractivity contribution is 7.18. The largest absolute Gasteiger partial charge is 0.456 e. The van der Waals surface area contributed by atoms with Gasteiger partial charge in [-0.2, -0.15) is 0 Å². The molecule has 1 N–H and O–H groups in total. The maximum absolute atomic E-state index is 11.7. The van der Waals surface area contributed by atoms with Gasteiger partial charge in [0.2, 0.25) is 0 Å². The molecular formula is C16H20N2O4S. The molecule has 0 saturated carbocycles. The number of carbonyl (C=O) groups excluding carboxylic acids is 2. The Balaban J connectivity index is 1.71. The van der Waals surface area contributed by atoms with Crippen molar-refractivity contribution < 1.29 is 19.1 Å². The lowest BCUT2D eigenvalue weighted by Crippen LogP contribution is -2.38. The molecular weight excluding hydrogens is 316 g/mol. The number of rotatable bonds is 8. The molecule has 6 nitrogen and oxygen atoms in total. The third-order valence-corrected chi connectivity index (χ3v) is 4.17. The second-order valence-electron chi connectivity index (χ2n) is 5.16. The number of benzene rings is 1. The number of amides is 1. The Hall–Kier alpha value is -1.99. The predicted molar refractivity (Wildman–Crippen MR) is 88.4 cm³/mol. The number of hydrogen-bond donors (Lipinski definition) is 1. The number of methoxy groups -OCH3 is 1. The molecule has 0 fully saturated rings. The number of esters is 1. The number of nitrogens with one attached hydrogen (secondary N) is 1. The van der Waals surface area contributed by atoms with Gasteiger partial charge in [0.05, 0.1) is 28.3 Å². The van der Waals surface area contributed by atoms with Crippen LogP contribution in [0.3, 0.4) is 0 Å². The van der Waals surface area contributed by atoms with Crippen LogP contribution < -0.4 is 5.32 Å². The SMILES string of the molecule is COC[C@H](C)NC(=O)COC(=O)CCc1nc2ccccc2s1. The van der Waals surface area contributed by atoms with E-state index in [9.17, 15) is 9.59 Å². The minimum atomic E-state index is -0.404. The van der Waals surface area contributed by atoms with Crippen LogP contribution in [0, 0.1) is 0 Å². The summed E-state index contributed by atoms with van der Waals surface area (Å²) in [4.78, 5) is 27.7. The van der Waals surface area contributed by atoms with Crippen LogP contribution in [0.25, 0.3) is 10.2 Å². The molecule has 0 radical (unpaired) electrons. The monoisotopic (exact) mass is 336 g/mol. The highest BCUT2D eigenvalue weighted by atomic mass is 32.1. The summed E-state index contributed by atoms with van der Waals surface area (Å²) in [6, 6.07) is 7.72. The van der Waals surface area contributed by atoms with E-state index in [2.05, 4.69) is 10.3 Å². The number of aromatic nitrogens is 1. The number of para-hydroxylation sites is 1. The second kappa shape index (κ2) is 8.59. The summed E-state index contributed by atoms with van der Waals surface area (Å²) in [6.45, 7) is 1.96. The molecule has 0 unspecified atom stereocenters. The van der Waals surface area contributed by atoms with Crippen molar-refractivity contribution in [3.05, 3.63) is 29.3 Å². The molecule has 1 atom stereocenters. The highest BCUT2D eigenvalue weighted by Crippen LogP contribution is 2.22. The van der Waals surface area contributed by atoms with E-state index < -0.39 is 5.97 Å². The smallest absolute Gasteiger partial charge is 0.306 e. The van der Waals surface area contributed by atoms with Gasteiger partial charge in [0, 0.05) is 19.6 Å². The fraction of sp³-hybridized carbons (Fsp3) is 0.438. The van der Waals surface area contributed by atoms with Gasteiger partial charge in [0.15, 0.2) is 6.61 Å². The van der Waals surface area contributed by atoms with Crippen molar-refractivity contribution in [2.75, 3.05) is 20.3 Å². The van der Waals surface area contributed by atoms with Crippen LogP contribution in [0.4, 0.5) is 0 Å². The Bertz CT molecular complexity index is 638. The first kappa shape index (κ1) is 17.4. The molecule has 1 aromatic heterocycles. The van der Waals surface area contributed by atoms with Gasteiger partial charge in [-0.3, -0.25) is 9.59 Å². The standard InChI is InChI=1S/C16H20N2O4S/c1-11(9-21-2)17-14(19)10-22-16(20)8-7-15-18-12-5-3-4-6-13(12)23-15/h3-6,11H,7-10H2,1-2H3,(H,17,19)/t11-/m0/s1. The average Bonchev–Trinajstić information content (AvgIpc) is 2.94. The molecule has 0 spiro atoms. The Morgan fingerprint density at radius 3 is 2.87 bits per heavy atom. The van der Waals surface area contributed by atoms with Gasteiger partial charge in [0.1, 0.15) is 0 Å². The third kappa shape index (κ3) is 5.61. The van der Waals surface area contributed by atoms with E-state index in [1.807, 2.05) is 31.2 Å². The summed E-state index contributed by atoms with van der Waals surface area (Å²) in [5.41, 5.74) is 0.937. The molecule has 2 rings (SSSR count). The molecule has 0 saturated heterocycles. The first-order valence-corrected chi connectivity index (χ1v) is 8.18. The zero-order chi connectivity index (χ0) is 16.7. The van der Waals surface area contributed by atoms with Gasteiger partial charge in [-0.25, -0.2) is 4.98 Å². The third-order valence-electron chi connectivity index (χ3n) is 3.07. The number of thiazole rings is 1. The molecule has 0 bridgehead atoms. The van der Waals surface area contributed by atoms with Gasteiger partial charge in [-0.05, 0) is 19.1 Å². The first-order valence-electron chi connectivity index (χ1n) is 7.37. The lowest BCUT2D eigenvalue weighted by Gasteiger charge is -2.12. The summed E-state index contributed by atoms with van der Waals surface area (Å²) in [5.74, 6) is -0.735. The van der Waals surface area contributed by atoms with Crippen molar-refractivity contribution in [3.8, 4) is 0 Å². The summed E-state index contributed by atoms with van der Waals surface area (Å²) >= 11 is 1.57. The zero-order valence-corrected chi connectivity index (χ0v) is 14.0. The fourth-order valence-corrected chi connectivity index (χ4v) is 3.03. The lowest BCUT2D eigenvalue weighted by atomic mass is 10.3. The average molecular weight is 336 g/mol. The van der Waals surface area contributed by atoms with Crippen molar-refractivity contribution in [3.63, 3.8) is 0 Å². The Morgan fingerprint density at radius 2 is 2.13 bits per heavy atom. The molecule has 2 aromatic rings. The van der Waals surface area contributed by atoms with E-state index in [1.54, 1.807) is 18.4 Å². The first-order chi connectivity index (χ1) is 11.1. The zero-order valence-electron chi connectivity index (χ0n) is 13.2. The van der Waals surface area contributed by atoms with Crippen molar-refractivity contribution in [1.82, 2.24) is 10.3 Å². The minimum absolute atomic E-state index is 0.117. The molecule has 0 aliphatic rings. The number of ether oxygens (including phenoxy) is 2. The van der Waals surface area contributed by atoms with E-state index in [0.717, 1.165) is 15.2 Å². The van der Waals surface area contributed by atoms with Gasteiger partial charge < -0.3 is 14.8 Å². The molecule has 1 amide bonds. The van der Waals surface area contributed by atoms with E-state index in [1.165, 1.54) is 0 Å². The Morgan fingerprint density at radius 1 is 1.35 bits per heavy atom. The van der Waals surface area contributed by atoms with Crippen molar-refractivity contribution in [2.45, 2.75) is 25.8 Å². The van der Waals surface area contributed by atoms with E-state index >= 15 is 0 Å². The summed E-state index contributed by atoms with van der Waals surface area (Å²) in [6.07, 6.45) is 0.723. The van der Waals surface area contributed by atoms with Crippen molar-refractivity contribution in [1.29, 1.82) is 0 Å². The van der Waals surface area contributed by atoms with Crippen LogP contribution in [-0.4, -0.2) is 43.2 Å². The number of carbonyl (C=O) groups is 2. The van der Waals surface area contributed by atoms with Crippen LogP contribution >= 0.6 is 11.3 Å². The van der Waals surface area contributed by atoms with Gasteiger partial charge in [0.25, 0.3) is 5.91 Å². The van der Waals surface area contributed by atoms with Crippen LogP contribution in [0.15, 0.2) is 24.3 Å². The Kier molecular flexibility index (Phi) is 6.49. The number of nitrogens with zero attached hydrogens (tertiary/aromatic N) is 1. The summed E-state index contributed by atoms with van der Waals surface area (Å²) < 4.78 is 11.0. The maximum Gasteiger partial charge on any atom is 0.306 e. The maximum atomic E-state index is 11.7. The van der Waals surface area contributed by atoms with Crippen LogP contribution in [-0.2, 0) is 25.5 Å². The van der Waals surface area contributed by atoms with Crippen LogP contribution in [0.5, 0.6) is 0 Å². The normalized spacial score (nSPS) is 12.1. The van der Waals surface area contributed by atoms with Gasteiger partial charge >= 0.3 is 5.97 Å². The second-order valence-corrected chi connectivity index (χ2v) is 6.28. The highest BCUT2D eigenvalue weighted by Gasteiger charge is 2.11. The quantitative estimate of drug-likeness (QED) is 0.745. The minimum Gasteiger partial charge on any atom is -0.456 e. The van der Waals surface area contributed by atoms with E-state index in [-0.39, 0.29) is 25.0 Å². The molecule has 23 heavy (non-hydrogen) atoms. The molecule has 124 valence electrons. The van der Waals surface area contributed by atoms with Gasteiger partial charge in [-0.15, -0.1) is 11.3 Å². The van der Waals surface area contributed by atoms with E-state index in [4.69, 9.17) is 9.47 Å². The Labute approximate surface area is 138 Å². The van der Waals surface area contributed by atoms with Crippen LogP contribution in [0.2, 0.25) is 0 Å². The van der Waals surface area contributed by atoms with Crippen molar-refractivity contribution >= 4 is 33.4 Å². The van der Waals surface area contributed by atoms with Gasteiger partial charge in [-0.1, -0.05) is 12.1 Å². The number of hydrogen-bond acceptors (Lipinski definition) is 6. The topological polar surface area (TPSA) is 77.5 Å². The van der Waals surface area contributed by atoms with Crippen molar-refractivity contribution in [2.24, 2.45) is 0 Å². The molecule has 0 aliphatic heterocycles. The fourth-order valence-electron chi connectivity index (χ4n) is 2.06. The molecule has 1 heterocycles. The molecule has 0 aliphatic carbocycles. The number of aryl methyl sites for hydroxylation is 1. The molecule has 1 aromatic carbocycles.